The zero-order valence-electron chi connectivity index (χ0n) is 14.1. The van der Waals surface area contributed by atoms with Crippen molar-refractivity contribution in [1.29, 1.82) is 0 Å². The van der Waals surface area contributed by atoms with Crippen LogP contribution in [0.3, 0.4) is 0 Å². The molecule has 7 heteroatoms. The first-order valence-electron chi connectivity index (χ1n) is 8.02. The number of amides is 4. The third-order valence-corrected chi connectivity index (χ3v) is 5.03. The van der Waals surface area contributed by atoms with Gasteiger partial charge in [0, 0.05) is 16.1 Å². The third kappa shape index (κ3) is 3.45. The molecule has 0 aromatic heterocycles. The van der Waals surface area contributed by atoms with Crippen molar-refractivity contribution in [3.63, 3.8) is 0 Å². The van der Waals surface area contributed by atoms with Crippen molar-refractivity contribution in [3.8, 4) is 0 Å². The summed E-state index contributed by atoms with van der Waals surface area (Å²) in [5.41, 5.74) is -0.530. The number of rotatable bonds is 6. The van der Waals surface area contributed by atoms with Crippen LogP contribution in [0.2, 0.25) is 0 Å². The van der Waals surface area contributed by atoms with Crippen LogP contribution in [-0.2, 0) is 15.1 Å². The van der Waals surface area contributed by atoms with Gasteiger partial charge in [0.1, 0.15) is 12.1 Å². The Balaban J connectivity index is 2.17. The molecule has 1 unspecified atom stereocenters. The summed E-state index contributed by atoms with van der Waals surface area (Å²) in [4.78, 5) is 38.1. The van der Waals surface area contributed by atoms with E-state index in [0.717, 1.165) is 22.2 Å². The van der Waals surface area contributed by atoms with E-state index < -0.39 is 17.5 Å². The van der Waals surface area contributed by atoms with Gasteiger partial charge in [0.2, 0.25) is 5.91 Å². The van der Waals surface area contributed by atoms with E-state index in [-0.39, 0.29) is 18.5 Å². The van der Waals surface area contributed by atoms with Gasteiger partial charge < -0.3 is 10.6 Å². The smallest absolute Gasteiger partial charge is 0.325 e. The summed E-state index contributed by atoms with van der Waals surface area (Å²) < 4.78 is 0.726. The largest absolute Gasteiger partial charge is 0.352 e. The molecule has 1 aromatic carbocycles. The lowest BCUT2D eigenvalue weighted by atomic mass is 9.92. The fourth-order valence-corrected chi connectivity index (χ4v) is 3.48. The minimum absolute atomic E-state index is 0.0490. The van der Waals surface area contributed by atoms with Crippen molar-refractivity contribution in [2.24, 2.45) is 0 Å². The average molecular weight is 396 g/mol. The van der Waals surface area contributed by atoms with Crippen LogP contribution in [0.25, 0.3) is 0 Å². The number of carbonyl (C=O) groups excluding carboxylic acids is 3. The molecule has 130 valence electrons. The van der Waals surface area contributed by atoms with Gasteiger partial charge in [0.15, 0.2) is 0 Å². The monoisotopic (exact) mass is 395 g/mol. The van der Waals surface area contributed by atoms with Crippen LogP contribution in [0.4, 0.5) is 4.79 Å². The SMILES string of the molecule is CCC(CC)NC(=O)CN1C(=O)NC(C)(c2ccccc2Br)C1=O. The lowest BCUT2D eigenvalue weighted by Crippen LogP contribution is -2.45. The summed E-state index contributed by atoms with van der Waals surface area (Å²) >= 11 is 3.41. The zero-order chi connectivity index (χ0) is 17.9. The molecule has 24 heavy (non-hydrogen) atoms. The molecule has 0 bridgehead atoms. The Morgan fingerprint density at radius 3 is 2.50 bits per heavy atom. The molecule has 1 fully saturated rings. The normalized spacial score (nSPS) is 20.5. The van der Waals surface area contributed by atoms with Gasteiger partial charge in [-0.25, -0.2) is 4.79 Å². The molecular weight excluding hydrogens is 374 g/mol. The Labute approximate surface area is 150 Å². The van der Waals surface area contributed by atoms with Gasteiger partial charge in [-0.05, 0) is 25.8 Å². The van der Waals surface area contributed by atoms with Gasteiger partial charge in [0.05, 0.1) is 0 Å². The summed E-state index contributed by atoms with van der Waals surface area (Å²) in [6.07, 6.45) is 1.61. The Bertz CT molecular complexity index is 660. The molecule has 0 radical (unpaired) electrons. The lowest BCUT2D eigenvalue weighted by molar-refractivity contribution is -0.135. The van der Waals surface area contributed by atoms with Crippen LogP contribution in [0.5, 0.6) is 0 Å². The van der Waals surface area contributed by atoms with Crippen LogP contribution >= 0.6 is 15.9 Å². The Kier molecular flexibility index (Phi) is 5.64. The number of urea groups is 1. The quantitative estimate of drug-likeness (QED) is 0.726. The Hall–Kier alpha value is -1.89. The highest BCUT2D eigenvalue weighted by molar-refractivity contribution is 9.10. The number of halogens is 1. The highest BCUT2D eigenvalue weighted by Crippen LogP contribution is 2.33. The van der Waals surface area contributed by atoms with Crippen LogP contribution in [0.1, 0.15) is 39.2 Å². The molecular formula is C17H22BrN3O3. The van der Waals surface area contributed by atoms with Gasteiger partial charge in [-0.15, -0.1) is 0 Å². The molecule has 1 heterocycles. The van der Waals surface area contributed by atoms with E-state index in [2.05, 4.69) is 26.6 Å². The van der Waals surface area contributed by atoms with Crippen LogP contribution in [0.15, 0.2) is 28.7 Å². The van der Waals surface area contributed by atoms with Crippen molar-refractivity contribution in [1.82, 2.24) is 15.5 Å². The summed E-state index contributed by atoms with van der Waals surface area (Å²) in [6, 6.07) is 6.70. The second-order valence-corrected chi connectivity index (χ2v) is 6.86. The van der Waals surface area contributed by atoms with E-state index in [1.165, 1.54) is 0 Å². The molecule has 2 N–H and O–H groups in total. The van der Waals surface area contributed by atoms with Crippen LogP contribution in [-0.4, -0.2) is 35.3 Å². The predicted molar refractivity (Wildman–Crippen MR) is 94.3 cm³/mol. The first-order valence-corrected chi connectivity index (χ1v) is 8.81. The van der Waals surface area contributed by atoms with Crippen molar-refractivity contribution in [2.75, 3.05) is 6.54 Å². The maximum Gasteiger partial charge on any atom is 0.325 e. The first-order chi connectivity index (χ1) is 11.3. The number of hydrogen-bond donors (Lipinski definition) is 2. The number of imide groups is 1. The van der Waals surface area contributed by atoms with Gasteiger partial charge in [-0.3, -0.25) is 14.5 Å². The number of hydrogen-bond acceptors (Lipinski definition) is 3. The lowest BCUT2D eigenvalue weighted by Gasteiger charge is -2.23. The standard InChI is InChI=1S/C17H22BrN3O3/c1-4-11(5-2)19-14(22)10-21-15(23)17(3,20-16(21)24)12-8-6-7-9-13(12)18/h6-9,11H,4-5,10H2,1-3H3,(H,19,22)(H,20,24). The van der Waals surface area contributed by atoms with E-state index in [1.807, 2.05) is 26.0 Å². The van der Waals surface area contributed by atoms with Crippen LogP contribution in [0, 0.1) is 0 Å². The molecule has 2 rings (SSSR count). The molecule has 6 nitrogen and oxygen atoms in total. The van der Waals surface area contributed by atoms with E-state index in [4.69, 9.17) is 0 Å². The number of nitrogens with one attached hydrogen (secondary N) is 2. The predicted octanol–water partition coefficient (Wildman–Crippen LogP) is 2.52. The average Bonchev–Trinajstić information content (AvgIpc) is 2.77. The molecule has 0 saturated carbocycles. The fourth-order valence-electron chi connectivity index (χ4n) is 2.80. The maximum absolute atomic E-state index is 12.8. The van der Waals surface area contributed by atoms with E-state index in [0.29, 0.717) is 5.56 Å². The summed E-state index contributed by atoms with van der Waals surface area (Å²) in [7, 11) is 0. The molecule has 1 atom stereocenters. The second kappa shape index (κ2) is 7.34. The topological polar surface area (TPSA) is 78.5 Å². The minimum Gasteiger partial charge on any atom is -0.352 e. The van der Waals surface area contributed by atoms with E-state index in [9.17, 15) is 14.4 Å². The Morgan fingerprint density at radius 2 is 1.92 bits per heavy atom. The minimum atomic E-state index is -1.19. The van der Waals surface area contributed by atoms with Crippen LogP contribution < -0.4 is 10.6 Å². The number of nitrogens with zero attached hydrogens (tertiary/aromatic N) is 1. The van der Waals surface area contributed by atoms with Crippen molar-refractivity contribution in [2.45, 2.75) is 45.2 Å². The highest BCUT2D eigenvalue weighted by Gasteiger charge is 2.50. The first kappa shape index (κ1) is 18.4. The maximum atomic E-state index is 12.8. The zero-order valence-corrected chi connectivity index (χ0v) is 15.6. The number of carbonyl (C=O) groups is 3. The molecule has 1 saturated heterocycles. The summed E-state index contributed by atoms with van der Waals surface area (Å²) in [6.45, 7) is 5.33. The van der Waals surface area contributed by atoms with Crippen molar-refractivity contribution < 1.29 is 14.4 Å². The molecule has 1 aromatic rings. The van der Waals surface area contributed by atoms with Gasteiger partial charge in [-0.1, -0.05) is 48.0 Å². The molecule has 4 amide bonds. The van der Waals surface area contributed by atoms with E-state index in [1.54, 1.807) is 19.1 Å². The third-order valence-electron chi connectivity index (χ3n) is 4.34. The van der Waals surface area contributed by atoms with Crippen molar-refractivity contribution in [3.05, 3.63) is 34.3 Å². The summed E-state index contributed by atoms with van der Waals surface area (Å²) in [5.74, 6) is -0.761. The van der Waals surface area contributed by atoms with Crippen molar-refractivity contribution >= 4 is 33.8 Å². The second-order valence-electron chi connectivity index (χ2n) is 6.01. The van der Waals surface area contributed by atoms with Gasteiger partial charge >= 0.3 is 6.03 Å². The Morgan fingerprint density at radius 1 is 1.29 bits per heavy atom. The summed E-state index contributed by atoms with van der Waals surface area (Å²) in [5, 5.41) is 5.54. The van der Waals surface area contributed by atoms with E-state index >= 15 is 0 Å². The van der Waals surface area contributed by atoms with Gasteiger partial charge in [0.25, 0.3) is 5.91 Å². The van der Waals surface area contributed by atoms with Gasteiger partial charge in [-0.2, -0.15) is 0 Å². The molecule has 1 aliphatic rings. The fraction of sp³-hybridized carbons (Fsp3) is 0.471. The number of benzene rings is 1. The molecule has 0 aliphatic carbocycles. The highest BCUT2D eigenvalue weighted by atomic mass is 79.9. The molecule has 0 spiro atoms. The molecule has 1 aliphatic heterocycles.